The van der Waals surface area contributed by atoms with Crippen molar-refractivity contribution in [1.29, 1.82) is 0 Å². The Morgan fingerprint density at radius 1 is 1.05 bits per heavy atom. The van der Waals surface area contributed by atoms with E-state index in [1.165, 1.54) is 0 Å². The highest BCUT2D eigenvalue weighted by molar-refractivity contribution is 7.80. The predicted molar refractivity (Wildman–Crippen MR) is 88.2 cm³/mol. The summed E-state index contributed by atoms with van der Waals surface area (Å²) >= 11 is 4.34. The molecule has 106 valence electrons. The van der Waals surface area contributed by atoms with Gasteiger partial charge in [0.2, 0.25) is 0 Å². The molecule has 0 unspecified atom stereocenters. The lowest BCUT2D eigenvalue weighted by Crippen LogP contribution is -2.43. The summed E-state index contributed by atoms with van der Waals surface area (Å²) in [5.41, 5.74) is 2.28. The number of hydrazine groups is 1. The van der Waals surface area contributed by atoms with Crippen molar-refractivity contribution in [3.63, 3.8) is 0 Å². The summed E-state index contributed by atoms with van der Waals surface area (Å²) < 4.78 is 0. The molecule has 0 aliphatic heterocycles. The molecule has 0 aliphatic rings. The summed E-state index contributed by atoms with van der Waals surface area (Å²) in [5.74, 6) is 0.972. The highest BCUT2D eigenvalue weighted by Crippen LogP contribution is 2.30. The standard InChI is InChI=1S/C16H21N3S/c1-12(2)19(18(3)4)16-15(6-5-11-17-16)13-7-9-14(20)10-8-13/h5-12,20H,1-4H3. The molecule has 20 heavy (non-hydrogen) atoms. The molecule has 0 amide bonds. The van der Waals surface area contributed by atoms with Crippen LogP contribution in [-0.4, -0.2) is 30.1 Å². The maximum atomic E-state index is 4.59. The molecule has 0 spiro atoms. The van der Waals surface area contributed by atoms with E-state index in [2.05, 4.69) is 59.7 Å². The first-order valence-electron chi connectivity index (χ1n) is 6.71. The van der Waals surface area contributed by atoms with Crippen LogP contribution in [0.4, 0.5) is 5.82 Å². The lowest BCUT2D eigenvalue weighted by molar-refractivity contribution is 0.337. The van der Waals surface area contributed by atoms with Crippen molar-refractivity contribution in [2.24, 2.45) is 0 Å². The van der Waals surface area contributed by atoms with E-state index >= 15 is 0 Å². The molecule has 0 N–H and O–H groups in total. The Kier molecular flexibility index (Phi) is 4.68. The van der Waals surface area contributed by atoms with Crippen molar-refractivity contribution in [3.8, 4) is 11.1 Å². The maximum absolute atomic E-state index is 4.59. The molecular formula is C16H21N3S. The molecule has 0 saturated heterocycles. The largest absolute Gasteiger partial charge is 0.287 e. The van der Waals surface area contributed by atoms with Gasteiger partial charge in [-0.05, 0) is 43.7 Å². The second-order valence-electron chi connectivity index (χ2n) is 5.21. The Balaban J connectivity index is 2.52. The van der Waals surface area contributed by atoms with Gasteiger partial charge in [-0.1, -0.05) is 12.1 Å². The molecule has 2 rings (SSSR count). The zero-order chi connectivity index (χ0) is 14.7. The van der Waals surface area contributed by atoms with Crippen LogP contribution < -0.4 is 5.01 Å². The van der Waals surface area contributed by atoms with Crippen molar-refractivity contribution in [1.82, 2.24) is 9.99 Å². The lowest BCUT2D eigenvalue weighted by atomic mass is 10.1. The smallest absolute Gasteiger partial charge is 0.151 e. The number of nitrogens with zero attached hydrogens (tertiary/aromatic N) is 3. The zero-order valence-electron chi connectivity index (χ0n) is 12.4. The summed E-state index contributed by atoms with van der Waals surface area (Å²) in [6.07, 6.45) is 1.84. The Morgan fingerprint density at radius 2 is 1.70 bits per heavy atom. The Bertz CT molecular complexity index is 556. The van der Waals surface area contributed by atoms with Crippen LogP contribution in [0.25, 0.3) is 11.1 Å². The van der Waals surface area contributed by atoms with Gasteiger partial charge >= 0.3 is 0 Å². The molecule has 1 heterocycles. The Labute approximate surface area is 126 Å². The molecule has 2 aromatic rings. The summed E-state index contributed by atoms with van der Waals surface area (Å²) in [7, 11) is 4.07. The van der Waals surface area contributed by atoms with E-state index in [-0.39, 0.29) is 0 Å². The van der Waals surface area contributed by atoms with Gasteiger partial charge in [-0.2, -0.15) is 0 Å². The SMILES string of the molecule is CC(C)N(c1ncccc1-c1ccc(S)cc1)N(C)C. The summed E-state index contributed by atoms with van der Waals surface area (Å²) in [6, 6.07) is 12.6. The molecule has 3 nitrogen and oxygen atoms in total. The molecule has 1 aromatic carbocycles. The van der Waals surface area contributed by atoms with Crippen LogP contribution in [0.3, 0.4) is 0 Å². The van der Waals surface area contributed by atoms with Crippen LogP contribution in [0.2, 0.25) is 0 Å². The topological polar surface area (TPSA) is 19.4 Å². The van der Waals surface area contributed by atoms with E-state index in [1.807, 2.05) is 38.5 Å². The molecule has 0 fully saturated rings. The quantitative estimate of drug-likeness (QED) is 0.683. The number of anilines is 1. The van der Waals surface area contributed by atoms with Gasteiger partial charge in [0.05, 0.1) is 0 Å². The van der Waals surface area contributed by atoms with Crippen molar-refractivity contribution >= 4 is 18.4 Å². The molecule has 4 heteroatoms. The van der Waals surface area contributed by atoms with E-state index in [4.69, 9.17) is 0 Å². The number of hydrogen-bond donors (Lipinski definition) is 1. The first kappa shape index (κ1) is 14.9. The van der Waals surface area contributed by atoms with Gasteiger partial charge in [-0.3, -0.25) is 5.01 Å². The third kappa shape index (κ3) is 3.14. The highest BCUT2D eigenvalue weighted by atomic mass is 32.1. The fourth-order valence-electron chi connectivity index (χ4n) is 2.34. The predicted octanol–water partition coefficient (Wildman–Crippen LogP) is 3.73. The summed E-state index contributed by atoms with van der Waals surface area (Å²) in [4.78, 5) is 5.55. The first-order valence-corrected chi connectivity index (χ1v) is 7.16. The average Bonchev–Trinajstić information content (AvgIpc) is 2.39. The van der Waals surface area contributed by atoms with Crippen LogP contribution >= 0.6 is 12.6 Å². The minimum atomic E-state index is 0.336. The minimum Gasteiger partial charge on any atom is -0.287 e. The van der Waals surface area contributed by atoms with Crippen molar-refractivity contribution in [3.05, 3.63) is 42.6 Å². The van der Waals surface area contributed by atoms with Gasteiger partial charge in [0, 0.05) is 36.8 Å². The summed E-state index contributed by atoms with van der Waals surface area (Å²) in [6.45, 7) is 4.32. The normalized spacial score (nSPS) is 11.2. The van der Waals surface area contributed by atoms with Crippen LogP contribution in [-0.2, 0) is 0 Å². The van der Waals surface area contributed by atoms with Gasteiger partial charge in [0.25, 0.3) is 0 Å². The van der Waals surface area contributed by atoms with Crippen LogP contribution in [0.1, 0.15) is 13.8 Å². The molecule has 0 saturated carbocycles. The highest BCUT2D eigenvalue weighted by Gasteiger charge is 2.18. The van der Waals surface area contributed by atoms with Crippen LogP contribution in [0.5, 0.6) is 0 Å². The Hall–Kier alpha value is -1.52. The zero-order valence-corrected chi connectivity index (χ0v) is 13.3. The lowest BCUT2D eigenvalue weighted by Gasteiger charge is -2.35. The first-order chi connectivity index (χ1) is 9.50. The van der Waals surface area contributed by atoms with Crippen molar-refractivity contribution in [2.75, 3.05) is 19.1 Å². The van der Waals surface area contributed by atoms with Gasteiger partial charge < -0.3 is 0 Å². The molecule has 0 radical (unpaired) electrons. The second kappa shape index (κ2) is 6.29. The third-order valence-corrected chi connectivity index (χ3v) is 3.40. The molecule has 1 aromatic heterocycles. The molecule has 0 atom stereocenters. The van der Waals surface area contributed by atoms with E-state index < -0.39 is 0 Å². The third-order valence-electron chi connectivity index (χ3n) is 3.10. The number of thiol groups is 1. The van der Waals surface area contributed by atoms with E-state index in [9.17, 15) is 0 Å². The number of pyridine rings is 1. The van der Waals surface area contributed by atoms with E-state index in [1.54, 1.807) is 0 Å². The maximum Gasteiger partial charge on any atom is 0.151 e. The van der Waals surface area contributed by atoms with Crippen LogP contribution in [0, 0.1) is 0 Å². The fraction of sp³-hybridized carbons (Fsp3) is 0.312. The van der Waals surface area contributed by atoms with Gasteiger partial charge in [0.1, 0.15) is 0 Å². The number of benzene rings is 1. The van der Waals surface area contributed by atoms with Gasteiger partial charge in [-0.25, -0.2) is 9.99 Å². The second-order valence-corrected chi connectivity index (χ2v) is 5.72. The molecule has 0 bridgehead atoms. The van der Waals surface area contributed by atoms with Crippen molar-refractivity contribution < 1.29 is 0 Å². The number of hydrogen-bond acceptors (Lipinski definition) is 4. The van der Waals surface area contributed by atoms with Gasteiger partial charge in [-0.15, -0.1) is 12.6 Å². The monoisotopic (exact) mass is 287 g/mol. The number of aromatic nitrogens is 1. The molecule has 0 aliphatic carbocycles. The average molecular weight is 287 g/mol. The fourth-order valence-corrected chi connectivity index (χ4v) is 2.49. The van der Waals surface area contributed by atoms with E-state index in [0.717, 1.165) is 21.8 Å². The minimum absolute atomic E-state index is 0.336. The van der Waals surface area contributed by atoms with Crippen molar-refractivity contribution in [2.45, 2.75) is 24.8 Å². The Morgan fingerprint density at radius 3 is 2.25 bits per heavy atom. The van der Waals surface area contributed by atoms with Gasteiger partial charge in [0.15, 0.2) is 5.82 Å². The molecular weight excluding hydrogens is 266 g/mol. The number of rotatable bonds is 4. The van der Waals surface area contributed by atoms with E-state index in [0.29, 0.717) is 6.04 Å². The van der Waals surface area contributed by atoms with Crippen LogP contribution in [0.15, 0.2) is 47.5 Å². The summed E-state index contributed by atoms with van der Waals surface area (Å²) in [5, 5.41) is 4.26.